The minimum atomic E-state index is -0.371. The molecule has 1 aliphatic rings. The molecule has 1 aliphatic carbocycles. The molecule has 0 aromatic heterocycles. The van der Waals surface area contributed by atoms with Gasteiger partial charge in [0.1, 0.15) is 6.04 Å². The number of aryl methyl sites for hydroxylation is 1. The van der Waals surface area contributed by atoms with E-state index in [1.807, 2.05) is 25.1 Å². The van der Waals surface area contributed by atoms with Crippen LogP contribution >= 0.6 is 15.9 Å². The van der Waals surface area contributed by atoms with E-state index in [2.05, 4.69) is 21.2 Å². The summed E-state index contributed by atoms with van der Waals surface area (Å²) < 4.78 is 1.01. The van der Waals surface area contributed by atoms with Crippen LogP contribution in [0.5, 0.6) is 0 Å². The topological polar surface area (TPSA) is 55.1 Å². The van der Waals surface area contributed by atoms with Crippen LogP contribution in [0, 0.1) is 6.92 Å². The van der Waals surface area contributed by atoms with Gasteiger partial charge in [-0.1, -0.05) is 28.1 Å². The molecule has 0 heterocycles. The van der Waals surface area contributed by atoms with Crippen LogP contribution in [0.4, 0.5) is 0 Å². The molecule has 16 heavy (non-hydrogen) atoms. The Balaban J connectivity index is 2.22. The third-order valence-corrected chi connectivity index (χ3v) is 3.65. The van der Waals surface area contributed by atoms with Gasteiger partial charge < -0.3 is 5.73 Å². The lowest BCUT2D eigenvalue weighted by molar-refractivity contribution is -0.120. The van der Waals surface area contributed by atoms with Crippen LogP contribution in [0.3, 0.4) is 0 Å². The number of carbonyl (C=O) groups excluding carboxylic acids is 1. The number of carbonyl (C=O) groups is 1. The Morgan fingerprint density at radius 1 is 1.56 bits per heavy atom. The van der Waals surface area contributed by atoms with Crippen molar-refractivity contribution in [2.24, 2.45) is 5.73 Å². The van der Waals surface area contributed by atoms with E-state index in [9.17, 15) is 4.79 Å². The maximum atomic E-state index is 11.4. The molecular formula is C12H15BrN2O. The lowest BCUT2D eigenvalue weighted by atomic mass is 10.0. The Morgan fingerprint density at radius 3 is 2.75 bits per heavy atom. The molecule has 4 heteroatoms. The minimum Gasteiger partial charge on any atom is -0.368 e. The smallest absolute Gasteiger partial charge is 0.239 e. The summed E-state index contributed by atoms with van der Waals surface area (Å²) >= 11 is 3.47. The van der Waals surface area contributed by atoms with E-state index in [1.54, 1.807) is 0 Å². The fourth-order valence-corrected chi connectivity index (χ4v) is 2.01. The molecule has 0 saturated heterocycles. The van der Waals surface area contributed by atoms with Crippen molar-refractivity contribution in [2.75, 3.05) is 0 Å². The Kier molecular flexibility index (Phi) is 3.30. The number of hydrogen-bond donors (Lipinski definition) is 2. The molecule has 1 aromatic carbocycles. The summed E-state index contributed by atoms with van der Waals surface area (Å²) in [7, 11) is 0. The average Bonchev–Trinajstić information content (AvgIpc) is 3.02. The van der Waals surface area contributed by atoms with Crippen LogP contribution in [0.1, 0.15) is 30.0 Å². The maximum Gasteiger partial charge on any atom is 0.239 e. The van der Waals surface area contributed by atoms with E-state index < -0.39 is 0 Å². The summed E-state index contributed by atoms with van der Waals surface area (Å²) in [5.41, 5.74) is 7.50. The summed E-state index contributed by atoms with van der Waals surface area (Å²) in [6, 6.07) is 5.98. The first kappa shape index (κ1) is 11.6. The zero-order valence-corrected chi connectivity index (χ0v) is 10.8. The van der Waals surface area contributed by atoms with Crippen LogP contribution in [-0.2, 0) is 4.79 Å². The van der Waals surface area contributed by atoms with E-state index in [1.165, 1.54) is 0 Å². The summed E-state index contributed by atoms with van der Waals surface area (Å²) in [4.78, 5) is 11.4. The molecule has 1 atom stereocenters. The predicted octanol–water partition coefficient (Wildman–Crippen LogP) is 2.04. The number of hydrogen-bond acceptors (Lipinski definition) is 2. The zero-order valence-electron chi connectivity index (χ0n) is 9.16. The van der Waals surface area contributed by atoms with Crippen LogP contribution in [0.25, 0.3) is 0 Å². The van der Waals surface area contributed by atoms with Gasteiger partial charge in [0.25, 0.3) is 0 Å². The lowest BCUT2D eigenvalue weighted by Crippen LogP contribution is -2.34. The molecule has 1 unspecified atom stereocenters. The second-order valence-electron chi connectivity index (χ2n) is 4.28. The largest absolute Gasteiger partial charge is 0.368 e. The Labute approximate surface area is 104 Å². The van der Waals surface area contributed by atoms with Crippen molar-refractivity contribution in [3.8, 4) is 0 Å². The summed E-state index contributed by atoms with van der Waals surface area (Å²) in [5.74, 6) is -0.317. The molecule has 3 N–H and O–H groups in total. The first-order valence-electron chi connectivity index (χ1n) is 5.39. The van der Waals surface area contributed by atoms with E-state index in [4.69, 9.17) is 5.73 Å². The quantitative estimate of drug-likeness (QED) is 0.888. The molecule has 2 rings (SSSR count). The van der Waals surface area contributed by atoms with Crippen molar-refractivity contribution in [1.82, 2.24) is 5.32 Å². The molecule has 0 bridgehead atoms. The number of rotatable bonds is 4. The molecule has 86 valence electrons. The predicted molar refractivity (Wildman–Crippen MR) is 67.0 cm³/mol. The first-order valence-corrected chi connectivity index (χ1v) is 6.18. The fourth-order valence-electron chi connectivity index (χ4n) is 1.62. The molecule has 1 aromatic rings. The van der Waals surface area contributed by atoms with Gasteiger partial charge in [-0.2, -0.15) is 0 Å². The molecule has 1 fully saturated rings. The van der Waals surface area contributed by atoms with Gasteiger partial charge in [-0.25, -0.2) is 0 Å². The monoisotopic (exact) mass is 282 g/mol. The van der Waals surface area contributed by atoms with Gasteiger partial charge in [0.15, 0.2) is 0 Å². The van der Waals surface area contributed by atoms with Gasteiger partial charge in [0.2, 0.25) is 5.91 Å². The maximum absolute atomic E-state index is 11.4. The van der Waals surface area contributed by atoms with Crippen molar-refractivity contribution in [3.05, 3.63) is 33.8 Å². The number of amides is 1. The SMILES string of the molecule is Cc1ccc(C(NC2CC2)C(N)=O)cc1Br. The van der Waals surface area contributed by atoms with Crippen molar-refractivity contribution >= 4 is 21.8 Å². The standard InChI is InChI=1S/C12H15BrN2O/c1-7-2-3-8(6-10(7)13)11(12(14)16)15-9-4-5-9/h2-3,6,9,11,15H,4-5H2,1H3,(H2,14,16). The van der Waals surface area contributed by atoms with Gasteiger partial charge >= 0.3 is 0 Å². The fraction of sp³-hybridized carbons (Fsp3) is 0.417. The zero-order chi connectivity index (χ0) is 11.7. The number of halogens is 1. The Hall–Kier alpha value is -0.870. The van der Waals surface area contributed by atoms with Crippen LogP contribution in [-0.4, -0.2) is 11.9 Å². The van der Waals surface area contributed by atoms with Gasteiger partial charge in [-0.3, -0.25) is 10.1 Å². The normalized spacial score (nSPS) is 17.1. The van der Waals surface area contributed by atoms with E-state index in [0.29, 0.717) is 6.04 Å². The summed E-state index contributed by atoms with van der Waals surface area (Å²) in [6.07, 6.45) is 2.27. The highest BCUT2D eigenvalue weighted by Crippen LogP contribution is 2.26. The van der Waals surface area contributed by atoms with E-state index in [-0.39, 0.29) is 11.9 Å². The van der Waals surface area contributed by atoms with Gasteiger partial charge in [0, 0.05) is 10.5 Å². The molecule has 1 saturated carbocycles. The van der Waals surface area contributed by atoms with E-state index >= 15 is 0 Å². The number of primary amides is 1. The molecular weight excluding hydrogens is 268 g/mol. The molecule has 0 radical (unpaired) electrons. The highest BCUT2D eigenvalue weighted by atomic mass is 79.9. The summed E-state index contributed by atoms with van der Waals surface area (Å²) in [5, 5.41) is 3.26. The molecule has 3 nitrogen and oxygen atoms in total. The van der Waals surface area contributed by atoms with Crippen LogP contribution < -0.4 is 11.1 Å². The minimum absolute atomic E-state index is 0.317. The molecule has 0 spiro atoms. The van der Waals surface area contributed by atoms with Crippen LogP contribution in [0.2, 0.25) is 0 Å². The third-order valence-electron chi connectivity index (χ3n) is 2.79. The van der Waals surface area contributed by atoms with Gasteiger partial charge in [0.05, 0.1) is 0 Å². The van der Waals surface area contributed by atoms with Gasteiger partial charge in [-0.05, 0) is 37.0 Å². The van der Waals surface area contributed by atoms with Crippen molar-refractivity contribution < 1.29 is 4.79 Å². The number of nitrogens with one attached hydrogen (secondary N) is 1. The summed E-state index contributed by atoms with van der Waals surface area (Å²) in [6.45, 7) is 2.02. The van der Waals surface area contributed by atoms with Gasteiger partial charge in [-0.15, -0.1) is 0 Å². The second kappa shape index (κ2) is 4.55. The van der Waals surface area contributed by atoms with E-state index in [0.717, 1.165) is 28.4 Å². The number of nitrogens with two attached hydrogens (primary N) is 1. The Bertz CT molecular complexity index is 415. The molecule has 1 amide bonds. The Morgan fingerprint density at radius 2 is 2.25 bits per heavy atom. The first-order chi connectivity index (χ1) is 7.58. The van der Waals surface area contributed by atoms with Crippen LogP contribution in [0.15, 0.2) is 22.7 Å². The van der Waals surface area contributed by atoms with Crippen molar-refractivity contribution in [2.45, 2.75) is 31.8 Å². The highest BCUT2D eigenvalue weighted by Gasteiger charge is 2.28. The number of benzene rings is 1. The molecule has 0 aliphatic heterocycles. The average molecular weight is 283 g/mol. The van der Waals surface area contributed by atoms with Crippen molar-refractivity contribution in [3.63, 3.8) is 0 Å². The van der Waals surface area contributed by atoms with Crippen molar-refractivity contribution in [1.29, 1.82) is 0 Å². The third kappa shape index (κ3) is 2.62. The highest BCUT2D eigenvalue weighted by molar-refractivity contribution is 9.10. The lowest BCUT2D eigenvalue weighted by Gasteiger charge is -2.16. The second-order valence-corrected chi connectivity index (χ2v) is 5.14.